The van der Waals surface area contributed by atoms with Gasteiger partial charge in [-0.25, -0.2) is 5.43 Å². The second kappa shape index (κ2) is 7.19. The van der Waals surface area contributed by atoms with Gasteiger partial charge in [-0.15, -0.1) is 0 Å². The molecule has 3 N–H and O–H groups in total. The average molecular weight is 353 g/mol. The van der Waals surface area contributed by atoms with E-state index in [1.54, 1.807) is 6.07 Å². The number of halogens is 1. The number of nitrogens with one attached hydrogen (secondary N) is 2. The molecule has 21 heavy (non-hydrogen) atoms. The van der Waals surface area contributed by atoms with Crippen LogP contribution in [-0.4, -0.2) is 19.3 Å². The molecule has 2 rings (SSSR count). The Bertz CT molecular complexity index is 606. The van der Waals surface area contributed by atoms with Gasteiger partial charge in [0.1, 0.15) is 0 Å². The van der Waals surface area contributed by atoms with Crippen LogP contribution in [0.25, 0.3) is 0 Å². The Hall–Kier alpha value is -1.92. The number of phenolic OH excluding ortho intramolecular Hbond substituents is 1. The minimum absolute atomic E-state index is 0.0555. The number of phenols is 1. The van der Waals surface area contributed by atoms with Crippen LogP contribution in [-0.2, 0) is 6.54 Å². The largest absolute Gasteiger partial charge is 0.504 e. The lowest BCUT2D eigenvalue weighted by Gasteiger charge is -2.15. The molecule has 0 aliphatic carbocycles. The maximum Gasteiger partial charge on any atom is 0.204 e. The van der Waals surface area contributed by atoms with Crippen molar-refractivity contribution in [3.63, 3.8) is 0 Å². The molecule has 0 atom stereocenters. The normalized spacial score (nSPS) is 10.2. The van der Waals surface area contributed by atoms with Gasteiger partial charge in [-0.2, -0.15) is 0 Å². The summed E-state index contributed by atoms with van der Waals surface area (Å²) in [7, 11) is 3.01. The highest BCUT2D eigenvalue weighted by molar-refractivity contribution is 9.10. The first-order valence-corrected chi connectivity index (χ1v) is 7.13. The van der Waals surface area contributed by atoms with E-state index in [-0.39, 0.29) is 5.75 Å². The molecule has 0 spiro atoms. The third kappa shape index (κ3) is 3.59. The van der Waals surface area contributed by atoms with Gasteiger partial charge < -0.3 is 20.0 Å². The van der Waals surface area contributed by atoms with E-state index in [1.807, 2.05) is 30.3 Å². The average Bonchev–Trinajstić information content (AvgIpc) is 2.51. The van der Waals surface area contributed by atoms with E-state index < -0.39 is 0 Å². The van der Waals surface area contributed by atoms with Gasteiger partial charge in [-0.05, 0) is 34.1 Å². The predicted octanol–water partition coefficient (Wildman–Crippen LogP) is 3.29. The summed E-state index contributed by atoms with van der Waals surface area (Å²) in [5, 5.41) is 10.2. The lowest BCUT2D eigenvalue weighted by atomic mass is 10.1. The van der Waals surface area contributed by atoms with Crippen molar-refractivity contribution in [1.29, 1.82) is 0 Å². The molecule has 112 valence electrons. The van der Waals surface area contributed by atoms with Gasteiger partial charge in [0.25, 0.3) is 0 Å². The summed E-state index contributed by atoms with van der Waals surface area (Å²) < 4.78 is 11.1. The molecule has 0 amide bonds. The molecule has 0 aliphatic rings. The first kappa shape index (κ1) is 15.5. The van der Waals surface area contributed by atoms with E-state index >= 15 is 0 Å². The van der Waals surface area contributed by atoms with Gasteiger partial charge in [0.15, 0.2) is 11.5 Å². The SMILES string of the molecule is COc1c(Br)cc(CNNc2ccccc2)c(O)c1OC. The zero-order chi connectivity index (χ0) is 15.2. The first-order chi connectivity index (χ1) is 10.2. The fourth-order valence-electron chi connectivity index (χ4n) is 1.93. The highest BCUT2D eigenvalue weighted by atomic mass is 79.9. The van der Waals surface area contributed by atoms with Crippen LogP contribution in [0.15, 0.2) is 40.9 Å². The topological polar surface area (TPSA) is 62.8 Å². The van der Waals surface area contributed by atoms with E-state index in [9.17, 15) is 5.11 Å². The highest BCUT2D eigenvalue weighted by Gasteiger charge is 2.17. The van der Waals surface area contributed by atoms with Crippen LogP contribution in [0.1, 0.15) is 5.56 Å². The number of rotatable bonds is 6. The van der Waals surface area contributed by atoms with Crippen LogP contribution < -0.4 is 20.3 Å². The summed E-state index contributed by atoms with van der Waals surface area (Å²) >= 11 is 3.41. The quantitative estimate of drug-likeness (QED) is 0.696. The minimum atomic E-state index is 0.0555. The Kier molecular flexibility index (Phi) is 5.30. The molecule has 0 heterocycles. The molecular formula is C15H17BrN2O3. The Morgan fingerprint density at radius 1 is 1.10 bits per heavy atom. The number of benzene rings is 2. The van der Waals surface area contributed by atoms with Crippen molar-refractivity contribution in [3.05, 3.63) is 46.4 Å². The molecule has 5 nitrogen and oxygen atoms in total. The lowest BCUT2D eigenvalue weighted by molar-refractivity contribution is 0.329. The summed E-state index contributed by atoms with van der Waals surface area (Å²) in [6.07, 6.45) is 0. The summed E-state index contributed by atoms with van der Waals surface area (Å²) in [6, 6.07) is 11.5. The third-order valence-corrected chi connectivity index (χ3v) is 3.53. The number of methoxy groups -OCH3 is 2. The van der Waals surface area contributed by atoms with Crippen molar-refractivity contribution in [3.8, 4) is 17.2 Å². The third-order valence-electron chi connectivity index (χ3n) is 2.94. The fourth-order valence-corrected chi connectivity index (χ4v) is 2.54. The van der Waals surface area contributed by atoms with Crippen molar-refractivity contribution in [2.75, 3.05) is 19.6 Å². The molecule has 6 heteroatoms. The predicted molar refractivity (Wildman–Crippen MR) is 85.8 cm³/mol. The summed E-state index contributed by atoms with van der Waals surface area (Å²) in [5.41, 5.74) is 7.73. The molecule has 2 aromatic rings. The number of hydrogen-bond donors (Lipinski definition) is 3. The van der Waals surface area contributed by atoms with Crippen molar-refractivity contribution >= 4 is 21.6 Å². The Labute approximate surface area is 132 Å². The zero-order valence-electron chi connectivity index (χ0n) is 11.8. The van der Waals surface area contributed by atoms with Gasteiger partial charge in [0.2, 0.25) is 5.75 Å². The monoisotopic (exact) mass is 352 g/mol. The fraction of sp³-hybridized carbons (Fsp3) is 0.200. The smallest absolute Gasteiger partial charge is 0.204 e. The van der Waals surface area contributed by atoms with Gasteiger partial charge in [0.05, 0.1) is 18.7 Å². The van der Waals surface area contributed by atoms with Crippen molar-refractivity contribution in [1.82, 2.24) is 5.43 Å². The molecule has 0 aliphatic heterocycles. The van der Waals surface area contributed by atoms with E-state index in [0.29, 0.717) is 23.6 Å². The second-order valence-electron chi connectivity index (χ2n) is 4.28. The second-order valence-corrected chi connectivity index (χ2v) is 5.13. The number of hydrazine groups is 1. The van der Waals surface area contributed by atoms with Crippen LogP contribution in [0.3, 0.4) is 0 Å². The van der Waals surface area contributed by atoms with Gasteiger partial charge in [0, 0.05) is 17.8 Å². The van der Waals surface area contributed by atoms with E-state index in [2.05, 4.69) is 26.8 Å². The van der Waals surface area contributed by atoms with Crippen LogP contribution >= 0.6 is 15.9 Å². The van der Waals surface area contributed by atoms with E-state index in [4.69, 9.17) is 9.47 Å². The Balaban J connectivity index is 2.12. The number of aromatic hydroxyl groups is 1. The number of anilines is 1. The van der Waals surface area contributed by atoms with Gasteiger partial charge in [-0.1, -0.05) is 18.2 Å². The zero-order valence-corrected chi connectivity index (χ0v) is 13.4. The van der Waals surface area contributed by atoms with Crippen molar-refractivity contribution in [2.45, 2.75) is 6.54 Å². The van der Waals surface area contributed by atoms with E-state index in [1.165, 1.54) is 14.2 Å². The minimum Gasteiger partial charge on any atom is -0.504 e. The maximum atomic E-state index is 10.2. The Morgan fingerprint density at radius 2 is 1.76 bits per heavy atom. The molecule has 0 fully saturated rings. The number of para-hydroxylation sites is 1. The van der Waals surface area contributed by atoms with Crippen LogP contribution in [0.2, 0.25) is 0 Å². The lowest BCUT2D eigenvalue weighted by Crippen LogP contribution is -2.21. The number of ether oxygens (including phenoxy) is 2. The van der Waals surface area contributed by atoms with Gasteiger partial charge in [-0.3, -0.25) is 0 Å². The molecule has 0 aromatic heterocycles. The standard InChI is InChI=1S/C15H17BrN2O3/c1-20-14-12(16)8-10(13(19)15(14)21-2)9-17-18-11-6-4-3-5-7-11/h3-8,17-19H,9H2,1-2H3. The van der Waals surface area contributed by atoms with Crippen molar-refractivity contribution < 1.29 is 14.6 Å². The van der Waals surface area contributed by atoms with Crippen molar-refractivity contribution in [2.24, 2.45) is 0 Å². The first-order valence-electron chi connectivity index (χ1n) is 6.33. The molecule has 0 radical (unpaired) electrons. The molecule has 0 saturated carbocycles. The van der Waals surface area contributed by atoms with Crippen LogP contribution in [0.4, 0.5) is 5.69 Å². The van der Waals surface area contributed by atoms with Crippen LogP contribution in [0.5, 0.6) is 17.2 Å². The Morgan fingerprint density at radius 3 is 2.38 bits per heavy atom. The van der Waals surface area contributed by atoms with E-state index in [0.717, 1.165) is 10.2 Å². The summed E-state index contributed by atoms with van der Waals surface area (Å²) in [6.45, 7) is 0.416. The van der Waals surface area contributed by atoms with Crippen LogP contribution in [0, 0.1) is 0 Å². The molecule has 0 bridgehead atoms. The maximum absolute atomic E-state index is 10.2. The molecule has 0 saturated heterocycles. The van der Waals surface area contributed by atoms with Gasteiger partial charge >= 0.3 is 0 Å². The summed E-state index contributed by atoms with van der Waals surface area (Å²) in [4.78, 5) is 0. The summed E-state index contributed by atoms with van der Waals surface area (Å²) in [5.74, 6) is 0.832. The molecular weight excluding hydrogens is 336 g/mol. The molecule has 0 unspecified atom stereocenters. The highest BCUT2D eigenvalue weighted by Crippen LogP contribution is 2.44. The number of hydrogen-bond acceptors (Lipinski definition) is 5. The molecule has 2 aromatic carbocycles.